The number of aromatic nitrogens is 1. The van der Waals surface area contributed by atoms with Crippen molar-refractivity contribution >= 4 is 27.8 Å². The third kappa shape index (κ3) is 3.26. The molecule has 0 aliphatic carbocycles. The van der Waals surface area contributed by atoms with E-state index in [9.17, 15) is 19.5 Å². The molecule has 1 atom stereocenters. The summed E-state index contributed by atoms with van der Waals surface area (Å²) < 4.78 is 1.94. The average Bonchev–Trinajstić information content (AvgIpc) is 2.56. The molecule has 3 rings (SSSR count). The molecule has 1 aromatic heterocycles. The van der Waals surface area contributed by atoms with Gasteiger partial charge in [-0.2, -0.15) is 0 Å². The van der Waals surface area contributed by atoms with E-state index in [2.05, 4.69) is 15.9 Å². The second-order valence-electron chi connectivity index (χ2n) is 5.66. The van der Waals surface area contributed by atoms with Crippen LogP contribution in [0.25, 0.3) is 0 Å². The number of benzene rings is 1. The van der Waals surface area contributed by atoms with E-state index in [0.29, 0.717) is 4.47 Å². The van der Waals surface area contributed by atoms with E-state index in [-0.39, 0.29) is 25.1 Å². The molecule has 0 radical (unpaired) electrons. The molecule has 0 saturated carbocycles. The van der Waals surface area contributed by atoms with Crippen LogP contribution in [-0.2, 0) is 29.1 Å². The minimum absolute atomic E-state index is 0.190. The van der Waals surface area contributed by atoms with Gasteiger partial charge in [0.05, 0.1) is 0 Å². The van der Waals surface area contributed by atoms with Crippen molar-refractivity contribution in [2.75, 3.05) is 0 Å². The van der Waals surface area contributed by atoms with E-state index in [1.807, 2.05) is 24.3 Å². The smallest absolute Gasteiger partial charge is 0.326 e. The summed E-state index contributed by atoms with van der Waals surface area (Å²) in [7, 11) is 0. The fraction of sp³-hybridized carbons (Fsp3) is 0.235. The standard InChI is InChI=1S/C17H15BrN2O4/c18-13-5-6-15(21)19(9-13)10-16(22)20-8-12-4-2-1-3-11(12)7-14(20)17(23)24/h1-6,9,14H,7-8,10H2,(H,23,24)/t14-/m1/s1. The summed E-state index contributed by atoms with van der Waals surface area (Å²) >= 11 is 3.26. The molecule has 0 unspecified atom stereocenters. The number of carboxylic acid groups (broad SMARTS) is 1. The van der Waals surface area contributed by atoms with Gasteiger partial charge in [-0.15, -0.1) is 0 Å². The summed E-state index contributed by atoms with van der Waals surface area (Å²) in [6.45, 7) is 0.0406. The third-order valence-corrected chi connectivity index (χ3v) is 4.58. The zero-order valence-corrected chi connectivity index (χ0v) is 14.3. The van der Waals surface area contributed by atoms with Crippen molar-refractivity contribution in [1.29, 1.82) is 0 Å². The predicted molar refractivity (Wildman–Crippen MR) is 90.5 cm³/mol. The van der Waals surface area contributed by atoms with E-state index < -0.39 is 17.9 Å². The van der Waals surface area contributed by atoms with E-state index in [0.717, 1.165) is 11.1 Å². The lowest BCUT2D eigenvalue weighted by Gasteiger charge is -2.34. The Kier molecular flexibility index (Phi) is 4.53. The molecule has 2 aromatic rings. The highest BCUT2D eigenvalue weighted by Gasteiger charge is 2.34. The first-order valence-electron chi connectivity index (χ1n) is 7.41. The topological polar surface area (TPSA) is 79.6 Å². The Labute approximate surface area is 146 Å². The Balaban J connectivity index is 1.88. The number of carbonyl (C=O) groups excluding carboxylic acids is 1. The minimum atomic E-state index is -1.04. The lowest BCUT2D eigenvalue weighted by molar-refractivity contribution is -0.151. The molecule has 0 fully saturated rings. The maximum absolute atomic E-state index is 12.6. The molecule has 0 spiro atoms. The van der Waals surface area contributed by atoms with Gasteiger partial charge >= 0.3 is 5.97 Å². The number of amides is 1. The fourth-order valence-corrected chi connectivity index (χ4v) is 3.25. The minimum Gasteiger partial charge on any atom is -0.480 e. The number of pyridine rings is 1. The monoisotopic (exact) mass is 390 g/mol. The number of carboxylic acids is 1. The molecular formula is C17H15BrN2O4. The Morgan fingerprint density at radius 2 is 1.88 bits per heavy atom. The Hall–Kier alpha value is -2.41. The lowest BCUT2D eigenvalue weighted by Crippen LogP contribution is -2.50. The number of hydrogen-bond acceptors (Lipinski definition) is 3. The van der Waals surface area contributed by atoms with E-state index in [1.54, 1.807) is 6.07 Å². The first kappa shape index (κ1) is 16.4. The van der Waals surface area contributed by atoms with Gasteiger partial charge in [-0.05, 0) is 33.1 Å². The number of halogens is 1. The number of carbonyl (C=O) groups is 2. The summed E-state index contributed by atoms with van der Waals surface area (Å²) in [5.74, 6) is -1.43. The predicted octanol–water partition coefficient (Wildman–Crippen LogP) is 1.65. The lowest BCUT2D eigenvalue weighted by atomic mass is 9.94. The van der Waals surface area contributed by atoms with Gasteiger partial charge in [-0.1, -0.05) is 24.3 Å². The van der Waals surface area contributed by atoms with E-state index in [4.69, 9.17) is 0 Å². The molecule has 1 N–H and O–H groups in total. The average molecular weight is 391 g/mol. The van der Waals surface area contributed by atoms with E-state index in [1.165, 1.54) is 21.7 Å². The van der Waals surface area contributed by atoms with Gasteiger partial charge in [0.2, 0.25) is 5.91 Å². The van der Waals surface area contributed by atoms with Crippen LogP contribution >= 0.6 is 15.9 Å². The van der Waals surface area contributed by atoms with Crippen molar-refractivity contribution in [3.8, 4) is 0 Å². The Morgan fingerprint density at radius 3 is 2.58 bits per heavy atom. The molecule has 7 heteroatoms. The summed E-state index contributed by atoms with van der Waals surface area (Å²) in [6, 6.07) is 9.52. The molecule has 1 amide bonds. The molecule has 24 heavy (non-hydrogen) atoms. The molecule has 0 saturated heterocycles. The maximum Gasteiger partial charge on any atom is 0.326 e. The summed E-state index contributed by atoms with van der Waals surface area (Å²) in [6.07, 6.45) is 1.79. The summed E-state index contributed by atoms with van der Waals surface area (Å²) in [5.41, 5.74) is 1.56. The highest BCUT2D eigenvalue weighted by atomic mass is 79.9. The van der Waals surface area contributed by atoms with Gasteiger partial charge < -0.3 is 14.6 Å². The molecule has 2 heterocycles. The molecule has 124 valence electrons. The number of hydrogen-bond donors (Lipinski definition) is 1. The van der Waals surface area contributed by atoms with Crippen LogP contribution < -0.4 is 5.56 Å². The van der Waals surface area contributed by atoms with Crippen molar-refractivity contribution in [3.05, 3.63) is 68.5 Å². The number of fused-ring (bicyclic) bond motifs is 1. The van der Waals surface area contributed by atoms with Crippen LogP contribution in [-0.4, -0.2) is 32.5 Å². The second kappa shape index (κ2) is 6.60. The number of rotatable bonds is 3. The second-order valence-corrected chi connectivity index (χ2v) is 6.58. The van der Waals surface area contributed by atoms with Crippen LogP contribution in [0.3, 0.4) is 0 Å². The molecule has 1 aromatic carbocycles. The molecule has 6 nitrogen and oxygen atoms in total. The van der Waals surface area contributed by atoms with Crippen LogP contribution in [0.4, 0.5) is 0 Å². The van der Waals surface area contributed by atoms with Crippen LogP contribution in [0.1, 0.15) is 11.1 Å². The zero-order chi connectivity index (χ0) is 17.3. The molecule has 1 aliphatic rings. The Bertz CT molecular complexity index is 862. The first-order chi connectivity index (χ1) is 11.5. The zero-order valence-electron chi connectivity index (χ0n) is 12.7. The Morgan fingerprint density at radius 1 is 1.17 bits per heavy atom. The molecular weight excluding hydrogens is 376 g/mol. The SMILES string of the molecule is O=C(O)[C@H]1Cc2ccccc2CN1C(=O)Cn1cc(Br)ccc1=O. The highest BCUT2D eigenvalue weighted by molar-refractivity contribution is 9.10. The quantitative estimate of drug-likeness (QED) is 0.863. The van der Waals surface area contributed by atoms with Gasteiger partial charge in [0.25, 0.3) is 5.56 Å². The van der Waals surface area contributed by atoms with Crippen LogP contribution in [0.2, 0.25) is 0 Å². The van der Waals surface area contributed by atoms with Crippen molar-refractivity contribution in [3.63, 3.8) is 0 Å². The van der Waals surface area contributed by atoms with Gasteiger partial charge in [0.1, 0.15) is 12.6 Å². The maximum atomic E-state index is 12.6. The molecule has 0 bridgehead atoms. The largest absolute Gasteiger partial charge is 0.480 e. The van der Waals surface area contributed by atoms with Crippen molar-refractivity contribution in [2.45, 2.75) is 25.6 Å². The van der Waals surface area contributed by atoms with Crippen molar-refractivity contribution in [1.82, 2.24) is 9.47 Å². The van der Waals surface area contributed by atoms with Crippen LogP contribution in [0.15, 0.2) is 51.9 Å². The van der Waals surface area contributed by atoms with Gasteiger partial charge in [-0.3, -0.25) is 9.59 Å². The highest BCUT2D eigenvalue weighted by Crippen LogP contribution is 2.23. The van der Waals surface area contributed by atoms with E-state index >= 15 is 0 Å². The fourth-order valence-electron chi connectivity index (χ4n) is 2.87. The molecule has 1 aliphatic heterocycles. The van der Waals surface area contributed by atoms with Crippen molar-refractivity contribution < 1.29 is 14.7 Å². The number of nitrogens with zero attached hydrogens (tertiary/aromatic N) is 2. The first-order valence-corrected chi connectivity index (χ1v) is 8.20. The normalized spacial score (nSPS) is 16.5. The van der Waals surface area contributed by atoms with Crippen LogP contribution in [0, 0.1) is 0 Å². The third-order valence-electron chi connectivity index (χ3n) is 4.11. The van der Waals surface area contributed by atoms with Crippen LogP contribution in [0.5, 0.6) is 0 Å². The summed E-state index contributed by atoms with van der Waals surface area (Å²) in [5, 5.41) is 9.48. The number of aliphatic carboxylic acids is 1. The van der Waals surface area contributed by atoms with Gasteiger partial charge in [0, 0.05) is 29.7 Å². The van der Waals surface area contributed by atoms with Gasteiger partial charge in [-0.25, -0.2) is 4.79 Å². The van der Waals surface area contributed by atoms with Crippen molar-refractivity contribution in [2.24, 2.45) is 0 Å². The summed E-state index contributed by atoms with van der Waals surface area (Å²) in [4.78, 5) is 37.4. The van der Waals surface area contributed by atoms with Gasteiger partial charge in [0.15, 0.2) is 0 Å².